The molecular formula is C9H18O3. The summed E-state index contributed by atoms with van der Waals surface area (Å²) in [5.74, 6) is -0.288. The number of carbonyl (C=O) groups is 1. The van der Waals surface area contributed by atoms with Gasteiger partial charge >= 0.3 is 5.97 Å². The van der Waals surface area contributed by atoms with Crippen LogP contribution in [0.2, 0.25) is 0 Å². The summed E-state index contributed by atoms with van der Waals surface area (Å²) in [7, 11) is 1.60. The van der Waals surface area contributed by atoms with Gasteiger partial charge in [0, 0.05) is 7.11 Å². The molecule has 3 nitrogen and oxygen atoms in total. The van der Waals surface area contributed by atoms with Gasteiger partial charge in [-0.15, -0.1) is 0 Å². The Balaban J connectivity index is 4.04. The normalized spacial score (nSPS) is 15.3. The minimum Gasteiger partial charge on any atom is -0.466 e. The maximum Gasteiger partial charge on any atom is 0.311 e. The molecule has 0 N–H and O–H groups in total. The quantitative estimate of drug-likeness (QED) is 0.594. The maximum atomic E-state index is 11.3. The zero-order chi connectivity index (χ0) is 9.56. The SMILES string of the molecule is CCOC(=O)C(CC)C(C)OC. The standard InChI is InChI=1S/C9H18O3/c1-5-8(7(3)11-4)9(10)12-6-2/h7-8H,5-6H2,1-4H3. The van der Waals surface area contributed by atoms with Crippen molar-refractivity contribution in [2.75, 3.05) is 13.7 Å². The van der Waals surface area contributed by atoms with E-state index in [0.29, 0.717) is 6.61 Å². The summed E-state index contributed by atoms with van der Waals surface area (Å²) in [5.41, 5.74) is 0. The molecule has 0 saturated carbocycles. The van der Waals surface area contributed by atoms with Crippen LogP contribution in [0.3, 0.4) is 0 Å². The molecule has 0 radical (unpaired) electrons. The van der Waals surface area contributed by atoms with Gasteiger partial charge in [0.1, 0.15) is 0 Å². The Bertz CT molecular complexity index is 134. The molecular weight excluding hydrogens is 156 g/mol. The van der Waals surface area contributed by atoms with E-state index in [0.717, 1.165) is 6.42 Å². The molecule has 0 aromatic heterocycles. The van der Waals surface area contributed by atoms with E-state index in [4.69, 9.17) is 9.47 Å². The van der Waals surface area contributed by atoms with Crippen LogP contribution >= 0.6 is 0 Å². The van der Waals surface area contributed by atoms with Crippen molar-refractivity contribution in [2.45, 2.75) is 33.3 Å². The molecule has 0 heterocycles. The zero-order valence-electron chi connectivity index (χ0n) is 8.29. The van der Waals surface area contributed by atoms with Gasteiger partial charge in [0.15, 0.2) is 0 Å². The van der Waals surface area contributed by atoms with E-state index in [9.17, 15) is 4.79 Å². The number of methoxy groups -OCH3 is 1. The lowest BCUT2D eigenvalue weighted by molar-refractivity contribution is -0.152. The monoisotopic (exact) mass is 174 g/mol. The summed E-state index contributed by atoms with van der Waals surface area (Å²) < 4.78 is 9.97. The van der Waals surface area contributed by atoms with Crippen LogP contribution in [0.1, 0.15) is 27.2 Å². The van der Waals surface area contributed by atoms with E-state index < -0.39 is 0 Å². The van der Waals surface area contributed by atoms with Crippen LogP contribution < -0.4 is 0 Å². The Hall–Kier alpha value is -0.570. The molecule has 0 bridgehead atoms. The number of rotatable bonds is 5. The maximum absolute atomic E-state index is 11.3. The lowest BCUT2D eigenvalue weighted by atomic mass is 10.0. The van der Waals surface area contributed by atoms with Crippen LogP contribution in [-0.2, 0) is 14.3 Å². The summed E-state index contributed by atoms with van der Waals surface area (Å²) >= 11 is 0. The first-order valence-electron chi connectivity index (χ1n) is 4.36. The molecule has 0 fully saturated rings. The molecule has 0 aliphatic rings. The smallest absolute Gasteiger partial charge is 0.311 e. The second-order valence-electron chi connectivity index (χ2n) is 2.71. The first-order chi connectivity index (χ1) is 5.67. The lowest BCUT2D eigenvalue weighted by Gasteiger charge is -2.19. The third-order valence-corrected chi connectivity index (χ3v) is 1.97. The highest BCUT2D eigenvalue weighted by Gasteiger charge is 2.23. The highest BCUT2D eigenvalue weighted by molar-refractivity contribution is 5.72. The molecule has 0 aliphatic heterocycles. The van der Waals surface area contributed by atoms with Crippen molar-refractivity contribution in [3.63, 3.8) is 0 Å². The number of esters is 1. The summed E-state index contributed by atoms with van der Waals surface area (Å²) in [5, 5.41) is 0. The summed E-state index contributed by atoms with van der Waals surface area (Å²) in [6.07, 6.45) is 0.697. The molecule has 0 aromatic rings. The van der Waals surface area contributed by atoms with Crippen LogP contribution in [0.15, 0.2) is 0 Å². The summed E-state index contributed by atoms with van der Waals surface area (Å²) in [4.78, 5) is 11.3. The fourth-order valence-electron chi connectivity index (χ4n) is 1.10. The fourth-order valence-corrected chi connectivity index (χ4v) is 1.10. The molecule has 0 saturated heterocycles. The molecule has 3 heteroatoms. The van der Waals surface area contributed by atoms with Crippen LogP contribution in [0, 0.1) is 5.92 Å². The molecule has 0 amide bonds. The second kappa shape index (κ2) is 6.00. The molecule has 2 atom stereocenters. The molecule has 0 rings (SSSR count). The van der Waals surface area contributed by atoms with Crippen LogP contribution in [0.5, 0.6) is 0 Å². The molecule has 72 valence electrons. The van der Waals surface area contributed by atoms with Crippen molar-refractivity contribution < 1.29 is 14.3 Å². The van der Waals surface area contributed by atoms with E-state index in [2.05, 4.69) is 0 Å². The highest BCUT2D eigenvalue weighted by Crippen LogP contribution is 2.13. The van der Waals surface area contributed by atoms with Crippen molar-refractivity contribution in [3.8, 4) is 0 Å². The number of ether oxygens (including phenoxy) is 2. The third kappa shape index (κ3) is 3.22. The van der Waals surface area contributed by atoms with Gasteiger partial charge in [-0.25, -0.2) is 0 Å². The predicted molar refractivity (Wildman–Crippen MR) is 46.9 cm³/mol. The Morgan fingerprint density at radius 1 is 1.42 bits per heavy atom. The largest absolute Gasteiger partial charge is 0.466 e. The van der Waals surface area contributed by atoms with Gasteiger partial charge in [-0.3, -0.25) is 4.79 Å². The van der Waals surface area contributed by atoms with Crippen LogP contribution in [-0.4, -0.2) is 25.8 Å². The Morgan fingerprint density at radius 2 is 2.00 bits per heavy atom. The van der Waals surface area contributed by atoms with Gasteiger partial charge in [-0.2, -0.15) is 0 Å². The van der Waals surface area contributed by atoms with Crippen LogP contribution in [0.25, 0.3) is 0 Å². The minimum absolute atomic E-state index is 0.0611. The third-order valence-electron chi connectivity index (χ3n) is 1.97. The lowest BCUT2D eigenvalue weighted by Crippen LogP contribution is -2.28. The molecule has 0 aliphatic carbocycles. The Labute approximate surface area is 74.0 Å². The summed E-state index contributed by atoms with van der Waals surface area (Å²) in [6.45, 7) is 6.08. The first kappa shape index (κ1) is 11.4. The fraction of sp³-hybridized carbons (Fsp3) is 0.889. The van der Waals surface area contributed by atoms with E-state index in [-0.39, 0.29) is 18.0 Å². The van der Waals surface area contributed by atoms with Crippen molar-refractivity contribution >= 4 is 5.97 Å². The topological polar surface area (TPSA) is 35.5 Å². The Kier molecular flexibility index (Phi) is 5.72. The van der Waals surface area contributed by atoms with Crippen molar-refractivity contribution in [3.05, 3.63) is 0 Å². The zero-order valence-corrected chi connectivity index (χ0v) is 8.29. The van der Waals surface area contributed by atoms with Crippen LogP contribution in [0.4, 0.5) is 0 Å². The molecule has 2 unspecified atom stereocenters. The van der Waals surface area contributed by atoms with Gasteiger partial charge in [-0.05, 0) is 20.3 Å². The minimum atomic E-state index is -0.158. The van der Waals surface area contributed by atoms with E-state index in [1.807, 2.05) is 20.8 Å². The van der Waals surface area contributed by atoms with E-state index in [1.165, 1.54) is 0 Å². The van der Waals surface area contributed by atoms with Crippen molar-refractivity contribution in [2.24, 2.45) is 5.92 Å². The highest BCUT2D eigenvalue weighted by atomic mass is 16.5. The number of carbonyl (C=O) groups excluding carboxylic acids is 1. The van der Waals surface area contributed by atoms with Crippen molar-refractivity contribution in [1.29, 1.82) is 0 Å². The predicted octanol–water partition coefficient (Wildman–Crippen LogP) is 1.61. The van der Waals surface area contributed by atoms with Gasteiger partial charge in [0.05, 0.1) is 18.6 Å². The molecule has 12 heavy (non-hydrogen) atoms. The average molecular weight is 174 g/mol. The van der Waals surface area contributed by atoms with Gasteiger partial charge in [0.2, 0.25) is 0 Å². The van der Waals surface area contributed by atoms with Gasteiger partial charge in [0.25, 0.3) is 0 Å². The Morgan fingerprint density at radius 3 is 2.33 bits per heavy atom. The summed E-state index contributed by atoms with van der Waals surface area (Å²) in [6, 6.07) is 0. The van der Waals surface area contributed by atoms with Gasteiger partial charge in [-0.1, -0.05) is 6.92 Å². The van der Waals surface area contributed by atoms with E-state index in [1.54, 1.807) is 7.11 Å². The average Bonchev–Trinajstić information content (AvgIpc) is 2.06. The second-order valence-corrected chi connectivity index (χ2v) is 2.71. The molecule has 0 spiro atoms. The first-order valence-corrected chi connectivity index (χ1v) is 4.36. The van der Waals surface area contributed by atoms with E-state index >= 15 is 0 Å². The number of hydrogen-bond donors (Lipinski definition) is 0. The van der Waals surface area contributed by atoms with Crippen molar-refractivity contribution in [1.82, 2.24) is 0 Å². The van der Waals surface area contributed by atoms with Gasteiger partial charge < -0.3 is 9.47 Å². The number of hydrogen-bond acceptors (Lipinski definition) is 3. The molecule has 0 aromatic carbocycles.